The number of halogens is 1. The highest BCUT2D eigenvalue weighted by atomic mass is 19.1. The Hall–Kier alpha value is -3.55. The Morgan fingerprint density at radius 1 is 0.973 bits per heavy atom. The second-order valence-electron chi connectivity index (χ2n) is 10.1. The number of ether oxygens (including phenoxy) is 1. The molecule has 4 heterocycles. The van der Waals surface area contributed by atoms with Crippen LogP contribution in [0.25, 0.3) is 33.3 Å². The summed E-state index contributed by atoms with van der Waals surface area (Å²) in [7, 11) is 2.12. The van der Waals surface area contributed by atoms with E-state index in [-0.39, 0.29) is 17.6 Å². The Bertz CT molecular complexity index is 1420. The van der Waals surface area contributed by atoms with Gasteiger partial charge in [0.1, 0.15) is 11.5 Å². The van der Waals surface area contributed by atoms with Gasteiger partial charge >= 0.3 is 0 Å². The lowest BCUT2D eigenvalue weighted by Gasteiger charge is -2.29. The number of morpholine rings is 1. The summed E-state index contributed by atoms with van der Waals surface area (Å²) in [4.78, 5) is 24.8. The van der Waals surface area contributed by atoms with Crippen molar-refractivity contribution >= 4 is 16.9 Å². The molecule has 0 radical (unpaired) electrons. The molecule has 1 N–H and O–H groups in total. The smallest absolute Gasteiger partial charge is 0.254 e. The quantitative estimate of drug-likeness (QED) is 0.414. The van der Waals surface area contributed by atoms with Crippen LogP contribution < -0.4 is 0 Å². The predicted octanol–water partition coefficient (Wildman–Crippen LogP) is 5.32. The van der Waals surface area contributed by atoms with Crippen molar-refractivity contribution in [2.24, 2.45) is 0 Å². The minimum Gasteiger partial charge on any atom is -0.378 e. The number of pyridine rings is 1. The van der Waals surface area contributed by atoms with Crippen LogP contribution in [0.3, 0.4) is 0 Å². The van der Waals surface area contributed by atoms with E-state index in [0.29, 0.717) is 31.9 Å². The normalized spacial score (nSPS) is 17.4. The van der Waals surface area contributed by atoms with Crippen LogP contribution in [0.2, 0.25) is 0 Å². The van der Waals surface area contributed by atoms with Crippen molar-refractivity contribution in [1.29, 1.82) is 0 Å². The summed E-state index contributed by atoms with van der Waals surface area (Å²) >= 11 is 0. The minimum atomic E-state index is -0.137. The zero-order chi connectivity index (χ0) is 25.4. The molecule has 190 valence electrons. The van der Waals surface area contributed by atoms with Crippen LogP contribution in [0.5, 0.6) is 0 Å². The zero-order valence-corrected chi connectivity index (χ0v) is 21.0. The molecule has 0 unspecified atom stereocenters. The molecule has 0 saturated carbocycles. The minimum absolute atomic E-state index is 0.0310. The first-order valence-electron chi connectivity index (χ1n) is 13.0. The molecule has 2 aromatic heterocycles. The van der Waals surface area contributed by atoms with Crippen molar-refractivity contribution < 1.29 is 13.9 Å². The van der Waals surface area contributed by atoms with Gasteiger partial charge in [-0.3, -0.25) is 4.79 Å². The van der Waals surface area contributed by atoms with Crippen molar-refractivity contribution in [3.63, 3.8) is 0 Å². The second-order valence-corrected chi connectivity index (χ2v) is 10.1. The largest absolute Gasteiger partial charge is 0.378 e. The Labute approximate surface area is 216 Å². The summed E-state index contributed by atoms with van der Waals surface area (Å²) in [5, 5.41) is 0.963. The molecule has 2 aromatic carbocycles. The first kappa shape index (κ1) is 23.8. The molecule has 2 aliphatic rings. The van der Waals surface area contributed by atoms with Crippen molar-refractivity contribution in [3.8, 4) is 22.3 Å². The molecule has 37 heavy (non-hydrogen) atoms. The molecule has 6 rings (SSSR count). The Morgan fingerprint density at radius 2 is 1.70 bits per heavy atom. The number of aromatic amines is 1. The van der Waals surface area contributed by atoms with Gasteiger partial charge < -0.3 is 19.5 Å². The first-order chi connectivity index (χ1) is 18.1. The summed E-state index contributed by atoms with van der Waals surface area (Å²) in [6, 6.07) is 15.4. The Morgan fingerprint density at radius 3 is 2.43 bits per heavy atom. The summed E-state index contributed by atoms with van der Waals surface area (Å²) in [5.41, 5.74) is 5.95. The third kappa shape index (κ3) is 4.77. The molecular weight excluding hydrogens is 467 g/mol. The van der Waals surface area contributed by atoms with Crippen LogP contribution >= 0.6 is 0 Å². The third-order valence-electron chi connectivity index (χ3n) is 7.76. The summed E-state index contributed by atoms with van der Waals surface area (Å²) < 4.78 is 20.5. The molecule has 1 amide bonds. The third-order valence-corrected chi connectivity index (χ3v) is 7.76. The van der Waals surface area contributed by atoms with Gasteiger partial charge in [0.2, 0.25) is 0 Å². The second kappa shape index (κ2) is 10.1. The maximum absolute atomic E-state index is 15.2. The lowest BCUT2D eigenvalue weighted by molar-refractivity contribution is 0.0303. The van der Waals surface area contributed by atoms with Crippen LogP contribution in [0.4, 0.5) is 4.39 Å². The van der Waals surface area contributed by atoms with Crippen LogP contribution in [-0.2, 0) is 4.74 Å². The number of nitrogens with zero attached hydrogens (tertiary/aromatic N) is 3. The molecule has 0 spiro atoms. The summed E-state index contributed by atoms with van der Waals surface area (Å²) in [5.74, 6) is 0.172. The number of carbonyl (C=O) groups is 1. The molecule has 0 bridgehead atoms. The van der Waals surface area contributed by atoms with Gasteiger partial charge in [0.05, 0.1) is 13.2 Å². The lowest BCUT2D eigenvalue weighted by atomic mass is 9.88. The van der Waals surface area contributed by atoms with Crippen LogP contribution in [-0.4, -0.2) is 72.1 Å². The number of H-pyrrole nitrogens is 1. The van der Waals surface area contributed by atoms with Gasteiger partial charge in [0.15, 0.2) is 0 Å². The molecular formula is C30H31FN4O2. The van der Waals surface area contributed by atoms with E-state index < -0.39 is 0 Å². The average molecular weight is 499 g/mol. The molecule has 2 aliphatic heterocycles. The fourth-order valence-electron chi connectivity index (χ4n) is 5.50. The van der Waals surface area contributed by atoms with E-state index in [9.17, 15) is 4.79 Å². The van der Waals surface area contributed by atoms with Gasteiger partial charge in [-0.15, -0.1) is 0 Å². The lowest BCUT2D eigenvalue weighted by Crippen LogP contribution is -2.40. The van der Waals surface area contributed by atoms with E-state index in [1.165, 1.54) is 0 Å². The number of rotatable bonds is 4. The predicted molar refractivity (Wildman–Crippen MR) is 143 cm³/mol. The highest BCUT2D eigenvalue weighted by Gasteiger charge is 2.22. The van der Waals surface area contributed by atoms with Gasteiger partial charge in [-0.25, -0.2) is 9.37 Å². The maximum Gasteiger partial charge on any atom is 0.254 e. The number of hydrogen-bond acceptors (Lipinski definition) is 4. The van der Waals surface area contributed by atoms with Crippen molar-refractivity contribution in [2.75, 3.05) is 46.4 Å². The number of carbonyl (C=O) groups excluding carboxylic acids is 1. The van der Waals surface area contributed by atoms with E-state index >= 15 is 4.39 Å². The molecule has 4 aromatic rings. The van der Waals surface area contributed by atoms with Gasteiger partial charge in [-0.05, 0) is 79.9 Å². The van der Waals surface area contributed by atoms with Crippen LogP contribution in [0.15, 0.2) is 60.9 Å². The number of aromatic nitrogens is 2. The molecule has 2 saturated heterocycles. The fraction of sp³-hybridized carbons (Fsp3) is 0.333. The monoisotopic (exact) mass is 498 g/mol. The molecule has 2 fully saturated rings. The summed E-state index contributed by atoms with van der Waals surface area (Å²) in [6.45, 7) is 4.42. The van der Waals surface area contributed by atoms with Gasteiger partial charge in [0, 0.05) is 47.6 Å². The van der Waals surface area contributed by atoms with E-state index in [1.807, 2.05) is 47.5 Å². The number of fused-ring (bicyclic) bond motifs is 1. The van der Waals surface area contributed by atoms with Crippen molar-refractivity contribution in [3.05, 3.63) is 77.9 Å². The topological polar surface area (TPSA) is 61.5 Å². The molecule has 0 aliphatic carbocycles. The van der Waals surface area contributed by atoms with E-state index in [0.717, 1.165) is 64.8 Å². The highest BCUT2D eigenvalue weighted by Crippen LogP contribution is 2.34. The zero-order valence-electron chi connectivity index (χ0n) is 21.0. The van der Waals surface area contributed by atoms with Gasteiger partial charge in [-0.2, -0.15) is 0 Å². The molecule has 0 atom stereocenters. The van der Waals surface area contributed by atoms with Crippen molar-refractivity contribution in [1.82, 2.24) is 19.8 Å². The number of likely N-dealkylation sites (tertiary alicyclic amines) is 1. The van der Waals surface area contributed by atoms with E-state index in [4.69, 9.17) is 4.74 Å². The number of amides is 1. The maximum atomic E-state index is 15.2. The highest BCUT2D eigenvalue weighted by molar-refractivity contribution is 5.98. The number of hydrogen-bond donors (Lipinski definition) is 1. The number of nitrogens with one attached hydrogen (secondary N) is 1. The Kier molecular flexibility index (Phi) is 6.49. The van der Waals surface area contributed by atoms with Crippen molar-refractivity contribution in [2.45, 2.75) is 18.8 Å². The van der Waals surface area contributed by atoms with E-state index in [2.05, 4.69) is 28.0 Å². The Balaban J connectivity index is 1.26. The SMILES string of the molecule is CN1CCC(c2ccc(-c3cnc4[nH]cc(-c5ccc(C(=O)N6CCOCC6)cc5)c4c3)cc2F)CC1. The number of piperidine rings is 1. The standard InChI is InChI=1S/C30H31FN4O2/c1-34-10-8-21(9-11-34)25-7-6-23(17-28(25)31)24-16-26-27(19-33-29(26)32-18-24)20-2-4-22(5-3-20)30(36)35-12-14-37-15-13-35/h2-7,16-19,21H,8-15H2,1H3,(H,32,33). The summed E-state index contributed by atoms with van der Waals surface area (Å²) in [6.07, 6.45) is 5.70. The van der Waals surface area contributed by atoms with Crippen LogP contribution in [0.1, 0.15) is 34.7 Å². The fourth-order valence-corrected chi connectivity index (χ4v) is 5.50. The van der Waals surface area contributed by atoms with E-state index in [1.54, 1.807) is 12.3 Å². The molecule has 7 heteroatoms. The average Bonchev–Trinajstić information content (AvgIpc) is 3.37. The molecule has 6 nitrogen and oxygen atoms in total. The van der Waals surface area contributed by atoms with Crippen LogP contribution in [0, 0.1) is 5.82 Å². The van der Waals surface area contributed by atoms with Gasteiger partial charge in [-0.1, -0.05) is 24.3 Å². The van der Waals surface area contributed by atoms with Gasteiger partial charge in [0.25, 0.3) is 5.91 Å². The number of benzene rings is 2. The first-order valence-corrected chi connectivity index (χ1v) is 13.0.